The van der Waals surface area contributed by atoms with Gasteiger partial charge in [0.25, 0.3) is 5.92 Å². The topological polar surface area (TPSA) is 133 Å². The molecule has 40 heavy (non-hydrogen) atoms. The SMILES string of the molecule is CCN1C(=O)C(CCNc2cccc(N(C)C(=O)CN3CCCC(F)(F)C3)c2)SC1CC(C#N)C(=O)NCC#N. The minimum absolute atomic E-state index is 0.0456. The summed E-state index contributed by atoms with van der Waals surface area (Å²) in [6.07, 6.45) is 0.901. The van der Waals surface area contributed by atoms with Crippen LogP contribution in [0.4, 0.5) is 20.2 Å². The second-order valence-corrected chi connectivity index (χ2v) is 11.3. The molecular weight excluding hydrogens is 540 g/mol. The first-order chi connectivity index (χ1) is 19.1. The number of nitrogens with one attached hydrogen (secondary N) is 2. The quantitative estimate of drug-likeness (QED) is 0.364. The summed E-state index contributed by atoms with van der Waals surface area (Å²) < 4.78 is 27.4. The van der Waals surface area contributed by atoms with E-state index in [2.05, 4.69) is 10.6 Å². The zero-order valence-corrected chi connectivity index (χ0v) is 23.6. The Labute approximate surface area is 237 Å². The van der Waals surface area contributed by atoms with Gasteiger partial charge in [0.15, 0.2) is 0 Å². The average molecular weight is 576 g/mol. The third kappa shape index (κ3) is 8.29. The molecule has 1 aromatic carbocycles. The molecule has 13 heteroatoms. The number of alkyl halides is 2. The van der Waals surface area contributed by atoms with Gasteiger partial charge in [-0.25, -0.2) is 8.78 Å². The maximum atomic E-state index is 13.7. The van der Waals surface area contributed by atoms with Crippen LogP contribution in [-0.4, -0.2) is 90.4 Å². The van der Waals surface area contributed by atoms with Crippen molar-refractivity contribution in [2.75, 3.05) is 56.5 Å². The highest BCUT2D eigenvalue weighted by Crippen LogP contribution is 2.37. The molecule has 2 fully saturated rings. The third-order valence-corrected chi connectivity index (χ3v) is 8.52. The van der Waals surface area contributed by atoms with Gasteiger partial charge >= 0.3 is 0 Å². The molecule has 216 valence electrons. The highest BCUT2D eigenvalue weighted by Gasteiger charge is 2.41. The number of hydrogen-bond acceptors (Lipinski definition) is 8. The zero-order chi connectivity index (χ0) is 29.3. The van der Waals surface area contributed by atoms with E-state index in [0.29, 0.717) is 38.2 Å². The molecule has 3 rings (SSSR count). The molecule has 2 aliphatic rings. The van der Waals surface area contributed by atoms with E-state index >= 15 is 0 Å². The number of amides is 3. The molecule has 0 radical (unpaired) electrons. The molecule has 10 nitrogen and oxygen atoms in total. The molecule has 1 aromatic rings. The van der Waals surface area contributed by atoms with E-state index in [1.54, 1.807) is 30.1 Å². The Morgan fingerprint density at radius 2 is 2.10 bits per heavy atom. The number of rotatable bonds is 12. The second-order valence-electron chi connectivity index (χ2n) is 9.89. The van der Waals surface area contributed by atoms with E-state index in [-0.39, 0.29) is 48.4 Å². The maximum absolute atomic E-state index is 13.7. The van der Waals surface area contributed by atoms with Gasteiger partial charge in [0.05, 0.1) is 35.9 Å². The Balaban J connectivity index is 1.52. The largest absolute Gasteiger partial charge is 0.385 e. The van der Waals surface area contributed by atoms with Crippen LogP contribution in [0, 0.1) is 28.6 Å². The molecule has 3 amide bonds. The highest BCUT2D eigenvalue weighted by atomic mass is 32.2. The Morgan fingerprint density at radius 3 is 2.77 bits per heavy atom. The Bertz CT molecular complexity index is 1160. The van der Waals surface area contributed by atoms with Crippen LogP contribution in [0.2, 0.25) is 0 Å². The molecule has 2 N–H and O–H groups in total. The van der Waals surface area contributed by atoms with Crippen molar-refractivity contribution in [1.29, 1.82) is 10.5 Å². The van der Waals surface area contributed by atoms with E-state index in [0.717, 1.165) is 5.69 Å². The molecule has 0 saturated carbocycles. The fourth-order valence-corrected chi connectivity index (χ4v) is 6.44. The van der Waals surface area contributed by atoms with Crippen LogP contribution in [0.15, 0.2) is 24.3 Å². The smallest absolute Gasteiger partial charge is 0.260 e. The summed E-state index contributed by atoms with van der Waals surface area (Å²) in [7, 11) is 1.62. The van der Waals surface area contributed by atoms with Crippen LogP contribution in [0.25, 0.3) is 0 Å². The molecule has 0 aliphatic carbocycles. The lowest BCUT2D eigenvalue weighted by Gasteiger charge is -2.32. The first-order valence-corrected chi connectivity index (χ1v) is 14.2. The van der Waals surface area contributed by atoms with Gasteiger partial charge in [-0.05, 0) is 44.5 Å². The Morgan fingerprint density at radius 1 is 1.32 bits per heavy atom. The zero-order valence-electron chi connectivity index (χ0n) is 22.7. The summed E-state index contributed by atoms with van der Waals surface area (Å²) in [5.41, 5.74) is 1.37. The minimum Gasteiger partial charge on any atom is -0.385 e. The van der Waals surface area contributed by atoms with Gasteiger partial charge in [0.2, 0.25) is 17.7 Å². The number of anilines is 2. The molecule has 2 heterocycles. The lowest BCUT2D eigenvalue weighted by atomic mass is 10.1. The number of likely N-dealkylation sites (N-methyl/N-ethyl adjacent to an activating group) is 1. The number of nitrogens with zero attached hydrogens (tertiary/aromatic N) is 5. The van der Waals surface area contributed by atoms with E-state index in [1.807, 2.05) is 25.1 Å². The molecule has 2 saturated heterocycles. The van der Waals surface area contributed by atoms with Gasteiger partial charge in [-0.3, -0.25) is 19.3 Å². The van der Waals surface area contributed by atoms with Gasteiger partial charge in [-0.15, -0.1) is 11.8 Å². The average Bonchev–Trinajstić information content (AvgIpc) is 3.22. The number of carbonyl (C=O) groups is 3. The summed E-state index contributed by atoms with van der Waals surface area (Å²) >= 11 is 1.43. The van der Waals surface area contributed by atoms with E-state index in [4.69, 9.17) is 5.26 Å². The number of halogens is 2. The molecule has 0 aromatic heterocycles. The van der Waals surface area contributed by atoms with Crippen molar-refractivity contribution in [2.45, 2.75) is 49.2 Å². The first-order valence-electron chi connectivity index (χ1n) is 13.3. The molecule has 2 aliphatic heterocycles. The van der Waals surface area contributed by atoms with Crippen molar-refractivity contribution in [3.05, 3.63) is 24.3 Å². The van der Waals surface area contributed by atoms with Crippen LogP contribution >= 0.6 is 11.8 Å². The molecule has 0 bridgehead atoms. The Hall–Kier alpha value is -3.42. The second kappa shape index (κ2) is 14.3. The number of nitriles is 2. The van der Waals surface area contributed by atoms with E-state index in [9.17, 15) is 28.4 Å². The number of benzene rings is 1. The van der Waals surface area contributed by atoms with Crippen molar-refractivity contribution in [2.24, 2.45) is 5.92 Å². The van der Waals surface area contributed by atoms with Crippen molar-refractivity contribution in [1.82, 2.24) is 15.1 Å². The first kappa shape index (κ1) is 31.1. The van der Waals surface area contributed by atoms with Crippen molar-refractivity contribution in [3.8, 4) is 12.1 Å². The van der Waals surface area contributed by atoms with Gasteiger partial charge in [-0.2, -0.15) is 10.5 Å². The summed E-state index contributed by atoms with van der Waals surface area (Å²) in [6, 6.07) is 11.0. The Kier molecular flexibility index (Phi) is 11.1. The van der Waals surface area contributed by atoms with Crippen LogP contribution in [0.5, 0.6) is 0 Å². The minimum atomic E-state index is -2.77. The fraction of sp³-hybridized carbons (Fsp3) is 0.593. The van der Waals surface area contributed by atoms with Crippen LogP contribution in [0.1, 0.15) is 32.6 Å². The highest BCUT2D eigenvalue weighted by molar-refractivity contribution is 8.01. The number of carbonyl (C=O) groups excluding carboxylic acids is 3. The number of hydrogen-bond donors (Lipinski definition) is 2. The lowest BCUT2D eigenvalue weighted by molar-refractivity contribution is -0.131. The standard InChI is InChI=1S/C27H35F2N7O3S/c1-3-36-24(14-19(16-31)25(38)33-12-10-30)40-22(26(36)39)8-11-32-20-6-4-7-21(15-20)34(2)23(37)17-35-13-5-9-27(28,29)18-35/h4,6-7,15,19,22,24,32H,3,5,8-9,11-14,17-18H2,1-2H3,(H,33,38). The van der Waals surface area contributed by atoms with Gasteiger partial charge in [0, 0.05) is 44.4 Å². The van der Waals surface area contributed by atoms with Gasteiger partial charge < -0.3 is 20.4 Å². The normalized spacial score (nSPS) is 21.2. The summed E-state index contributed by atoms with van der Waals surface area (Å²) in [6.45, 7) is 2.58. The lowest BCUT2D eigenvalue weighted by Crippen LogP contribution is -2.47. The summed E-state index contributed by atoms with van der Waals surface area (Å²) in [5, 5.41) is 23.1. The van der Waals surface area contributed by atoms with Gasteiger partial charge in [0.1, 0.15) is 12.5 Å². The molecule has 3 atom stereocenters. The summed E-state index contributed by atoms with van der Waals surface area (Å²) in [4.78, 5) is 42.5. The van der Waals surface area contributed by atoms with E-state index in [1.165, 1.54) is 21.6 Å². The van der Waals surface area contributed by atoms with Crippen molar-refractivity contribution >= 4 is 40.9 Å². The fourth-order valence-electron chi connectivity index (χ4n) is 4.85. The predicted molar refractivity (Wildman–Crippen MR) is 148 cm³/mol. The van der Waals surface area contributed by atoms with Crippen LogP contribution in [-0.2, 0) is 14.4 Å². The van der Waals surface area contributed by atoms with Crippen LogP contribution < -0.4 is 15.5 Å². The predicted octanol–water partition coefficient (Wildman–Crippen LogP) is 2.64. The van der Waals surface area contributed by atoms with E-state index < -0.39 is 24.3 Å². The monoisotopic (exact) mass is 575 g/mol. The third-order valence-electron chi connectivity index (χ3n) is 6.99. The number of thioether (sulfide) groups is 1. The van der Waals surface area contributed by atoms with Gasteiger partial charge in [-0.1, -0.05) is 6.07 Å². The number of likely N-dealkylation sites (tertiary alicyclic amines) is 1. The summed E-state index contributed by atoms with van der Waals surface area (Å²) in [5.74, 6) is -4.56. The van der Waals surface area contributed by atoms with Crippen LogP contribution in [0.3, 0.4) is 0 Å². The molecular formula is C27H35F2N7O3S. The van der Waals surface area contributed by atoms with Crippen molar-refractivity contribution < 1.29 is 23.2 Å². The molecule has 3 unspecified atom stereocenters. The molecule has 0 spiro atoms. The number of piperidine rings is 1. The maximum Gasteiger partial charge on any atom is 0.260 e. The van der Waals surface area contributed by atoms with Crippen molar-refractivity contribution in [3.63, 3.8) is 0 Å².